The van der Waals surface area contributed by atoms with Gasteiger partial charge in [-0.2, -0.15) is 10.2 Å². The van der Waals surface area contributed by atoms with E-state index in [2.05, 4.69) is 20.6 Å². The Hall–Kier alpha value is -3.37. The lowest BCUT2D eigenvalue weighted by atomic mass is 10.1. The first-order chi connectivity index (χ1) is 15.2. The van der Waals surface area contributed by atoms with Gasteiger partial charge in [0.15, 0.2) is 17.5 Å². The van der Waals surface area contributed by atoms with Crippen molar-refractivity contribution < 1.29 is 22.4 Å². The molecule has 2 aromatic carbocycles. The van der Waals surface area contributed by atoms with Crippen LogP contribution >= 0.6 is 23.2 Å². The normalized spacial score (nSPS) is 11.1. The number of carbonyl (C=O) groups is 1. The van der Waals surface area contributed by atoms with Crippen LogP contribution in [-0.2, 0) is 6.54 Å². The molecule has 0 aliphatic heterocycles. The first-order valence-corrected chi connectivity index (χ1v) is 9.65. The molecule has 0 unspecified atom stereocenters. The molecule has 0 radical (unpaired) electrons. The molecule has 0 aliphatic rings. The minimum absolute atomic E-state index is 0.122. The Morgan fingerprint density at radius 1 is 1.03 bits per heavy atom. The van der Waals surface area contributed by atoms with Crippen LogP contribution in [0.2, 0.25) is 10.0 Å². The number of halogens is 6. The van der Waals surface area contributed by atoms with E-state index in [9.17, 15) is 22.4 Å². The third-order valence-electron chi connectivity index (χ3n) is 4.46. The predicted molar refractivity (Wildman–Crippen MR) is 110 cm³/mol. The molecule has 2 aromatic heterocycles. The summed E-state index contributed by atoms with van der Waals surface area (Å²) >= 11 is 11.9. The molecule has 2 N–H and O–H groups in total. The fourth-order valence-electron chi connectivity index (χ4n) is 2.87. The molecule has 0 bridgehead atoms. The number of nitrogens with one attached hydrogen (secondary N) is 2. The molecule has 0 aliphatic carbocycles. The Bertz CT molecular complexity index is 1340. The summed E-state index contributed by atoms with van der Waals surface area (Å²) in [5.74, 6) is -6.87. The first kappa shape index (κ1) is 21.8. The number of anilines is 1. The summed E-state index contributed by atoms with van der Waals surface area (Å²) in [6.45, 7) is -0.518. The summed E-state index contributed by atoms with van der Waals surface area (Å²) in [6.07, 6.45) is 2.50. The van der Waals surface area contributed by atoms with Crippen LogP contribution in [0.4, 0.5) is 23.2 Å². The molecule has 0 fully saturated rings. The summed E-state index contributed by atoms with van der Waals surface area (Å²) in [6, 6.07) is 6.63. The number of H-pyrrole nitrogens is 1. The highest BCUT2D eigenvalue weighted by Gasteiger charge is 2.20. The number of aromatic nitrogens is 4. The van der Waals surface area contributed by atoms with E-state index in [1.165, 1.54) is 18.5 Å². The van der Waals surface area contributed by atoms with E-state index in [0.717, 1.165) is 4.68 Å². The molecule has 1 amide bonds. The van der Waals surface area contributed by atoms with Gasteiger partial charge in [0, 0.05) is 23.4 Å². The van der Waals surface area contributed by atoms with Gasteiger partial charge in [0.25, 0.3) is 5.91 Å². The molecule has 12 heteroatoms. The van der Waals surface area contributed by atoms with Gasteiger partial charge < -0.3 is 5.32 Å². The first-order valence-electron chi connectivity index (χ1n) is 8.89. The molecule has 32 heavy (non-hydrogen) atoms. The lowest BCUT2D eigenvalue weighted by Gasteiger charge is -2.06. The highest BCUT2D eigenvalue weighted by Crippen LogP contribution is 2.28. The molecule has 0 saturated carbocycles. The third-order valence-corrected chi connectivity index (χ3v) is 5.20. The summed E-state index contributed by atoms with van der Waals surface area (Å²) in [4.78, 5) is 12.5. The minimum Gasteiger partial charge on any atom is -0.318 e. The van der Waals surface area contributed by atoms with Gasteiger partial charge in [-0.15, -0.1) is 0 Å². The summed E-state index contributed by atoms with van der Waals surface area (Å²) in [5.41, 5.74) is 0.706. The molecule has 0 atom stereocenters. The second-order valence-electron chi connectivity index (χ2n) is 6.62. The van der Waals surface area contributed by atoms with Crippen molar-refractivity contribution in [1.29, 1.82) is 0 Å². The van der Waals surface area contributed by atoms with Crippen LogP contribution in [-0.4, -0.2) is 25.9 Å². The highest BCUT2D eigenvalue weighted by atomic mass is 35.5. The van der Waals surface area contributed by atoms with E-state index in [-0.39, 0.29) is 17.4 Å². The number of hydrogen-bond acceptors (Lipinski definition) is 3. The van der Waals surface area contributed by atoms with Crippen LogP contribution < -0.4 is 5.32 Å². The zero-order chi connectivity index (χ0) is 23.0. The predicted octanol–water partition coefficient (Wildman–Crippen LogP) is 5.44. The molecular formula is C20H11Cl2F4N5O. The largest absolute Gasteiger partial charge is 0.318 e. The van der Waals surface area contributed by atoms with Gasteiger partial charge in [-0.25, -0.2) is 17.6 Å². The number of nitrogens with zero attached hydrogens (tertiary/aromatic N) is 3. The Balaban J connectivity index is 1.47. The standard InChI is InChI=1S/C20H11Cl2F4N5O/c21-12-2-1-9(3-13(12)22)16-5-17(30-29-16)20(32)28-10-6-27-31(7-10)8-11-14(23)4-15(24)19(26)18(11)25/h1-7H,8H2,(H,28,32)(H,29,30). The quantitative estimate of drug-likeness (QED) is 0.225. The van der Waals surface area contributed by atoms with E-state index >= 15 is 0 Å². The molecule has 6 nitrogen and oxygen atoms in total. The minimum atomic E-state index is -1.78. The Morgan fingerprint density at radius 2 is 1.81 bits per heavy atom. The van der Waals surface area contributed by atoms with Gasteiger partial charge in [-0.3, -0.25) is 14.6 Å². The van der Waals surface area contributed by atoms with Crippen molar-refractivity contribution in [3.63, 3.8) is 0 Å². The maximum Gasteiger partial charge on any atom is 0.273 e. The van der Waals surface area contributed by atoms with E-state index in [0.29, 0.717) is 21.3 Å². The third kappa shape index (κ3) is 4.32. The van der Waals surface area contributed by atoms with Gasteiger partial charge in [-0.1, -0.05) is 29.3 Å². The molecule has 2 heterocycles. The van der Waals surface area contributed by atoms with Crippen molar-refractivity contribution >= 4 is 34.8 Å². The van der Waals surface area contributed by atoms with Crippen LogP contribution in [0.25, 0.3) is 11.3 Å². The second-order valence-corrected chi connectivity index (χ2v) is 7.44. The van der Waals surface area contributed by atoms with Crippen molar-refractivity contribution in [1.82, 2.24) is 20.0 Å². The van der Waals surface area contributed by atoms with Crippen molar-refractivity contribution in [3.05, 3.63) is 87.3 Å². The summed E-state index contributed by atoms with van der Waals surface area (Å²) in [5, 5.41) is 13.8. The van der Waals surface area contributed by atoms with E-state index in [1.807, 2.05) is 0 Å². The van der Waals surface area contributed by atoms with Gasteiger partial charge in [-0.05, 0) is 18.2 Å². The zero-order valence-corrected chi connectivity index (χ0v) is 17.3. The number of hydrogen-bond donors (Lipinski definition) is 2. The topological polar surface area (TPSA) is 75.6 Å². The van der Waals surface area contributed by atoms with Gasteiger partial charge in [0.05, 0.1) is 34.2 Å². The smallest absolute Gasteiger partial charge is 0.273 e. The Kier molecular flexibility index (Phi) is 5.90. The Labute approximate surface area is 187 Å². The molecule has 4 rings (SSSR count). The Morgan fingerprint density at radius 3 is 2.56 bits per heavy atom. The van der Waals surface area contributed by atoms with Crippen LogP contribution in [0, 0.1) is 23.3 Å². The number of aromatic amines is 1. The SMILES string of the molecule is O=C(Nc1cnn(Cc2c(F)cc(F)c(F)c2F)c1)c1cc(-c2ccc(Cl)c(Cl)c2)n[nH]1. The van der Waals surface area contributed by atoms with Crippen molar-refractivity contribution in [2.75, 3.05) is 5.32 Å². The van der Waals surface area contributed by atoms with E-state index in [4.69, 9.17) is 23.2 Å². The molecule has 164 valence electrons. The molecule has 0 spiro atoms. The second kappa shape index (κ2) is 8.64. The molecule has 4 aromatic rings. The number of benzene rings is 2. The average Bonchev–Trinajstić information content (AvgIpc) is 3.41. The van der Waals surface area contributed by atoms with E-state index in [1.54, 1.807) is 18.2 Å². The van der Waals surface area contributed by atoms with Gasteiger partial charge in [0.2, 0.25) is 0 Å². The van der Waals surface area contributed by atoms with Crippen molar-refractivity contribution in [2.45, 2.75) is 6.54 Å². The number of rotatable bonds is 5. The lowest BCUT2D eigenvalue weighted by molar-refractivity contribution is 0.102. The average molecular weight is 484 g/mol. The monoisotopic (exact) mass is 483 g/mol. The fourth-order valence-corrected chi connectivity index (χ4v) is 3.16. The van der Waals surface area contributed by atoms with Crippen LogP contribution in [0.5, 0.6) is 0 Å². The zero-order valence-electron chi connectivity index (χ0n) is 15.8. The van der Waals surface area contributed by atoms with Crippen LogP contribution in [0.3, 0.4) is 0 Å². The molecular weight excluding hydrogens is 473 g/mol. The van der Waals surface area contributed by atoms with Crippen molar-refractivity contribution in [3.8, 4) is 11.3 Å². The summed E-state index contributed by atoms with van der Waals surface area (Å²) < 4.78 is 55.2. The van der Waals surface area contributed by atoms with Crippen molar-refractivity contribution in [2.24, 2.45) is 0 Å². The van der Waals surface area contributed by atoms with Gasteiger partial charge >= 0.3 is 0 Å². The van der Waals surface area contributed by atoms with E-state index < -0.39 is 41.3 Å². The molecule has 0 saturated heterocycles. The highest BCUT2D eigenvalue weighted by molar-refractivity contribution is 6.42. The van der Waals surface area contributed by atoms with Gasteiger partial charge in [0.1, 0.15) is 11.5 Å². The maximum absolute atomic E-state index is 13.8. The lowest BCUT2D eigenvalue weighted by Crippen LogP contribution is -2.12. The van der Waals surface area contributed by atoms with Crippen LogP contribution in [0.15, 0.2) is 42.7 Å². The fraction of sp³-hybridized carbons (Fsp3) is 0.0500. The number of carbonyl (C=O) groups excluding carboxylic acids is 1. The van der Waals surface area contributed by atoms with Crippen LogP contribution in [0.1, 0.15) is 16.1 Å². The maximum atomic E-state index is 13.8. The number of amides is 1. The summed E-state index contributed by atoms with van der Waals surface area (Å²) in [7, 11) is 0.